The van der Waals surface area contributed by atoms with Crippen LogP contribution in [0.1, 0.15) is 37.6 Å². The van der Waals surface area contributed by atoms with Gasteiger partial charge in [-0.3, -0.25) is 4.79 Å². The molecule has 0 aliphatic rings. The molecule has 0 aromatic carbocycles. The van der Waals surface area contributed by atoms with E-state index in [0.29, 0.717) is 29.7 Å². The van der Waals surface area contributed by atoms with Crippen molar-refractivity contribution in [1.29, 1.82) is 0 Å². The molecule has 112 valence electrons. The van der Waals surface area contributed by atoms with Gasteiger partial charge in [-0.2, -0.15) is 0 Å². The second kappa shape index (κ2) is 8.76. The summed E-state index contributed by atoms with van der Waals surface area (Å²) in [5, 5.41) is 6.20. The van der Waals surface area contributed by atoms with Crippen LogP contribution >= 0.6 is 11.6 Å². The average molecular weight is 300 g/mol. The fraction of sp³-hybridized carbons (Fsp3) is 0.571. The van der Waals surface area contributed by atoms with Gasteiger partial charge in [0.05, 0.1) is 12.7 Å². The number of nitrogens with one attached hydrogen (secondary N) is 2. The van der Waals surface area contributed by atoms with Gasteiger partial charge in [-0.1, -0.05) is 18.5 Å². The van der Waals surface area contributed by atoms with Crippen LogP contribution in [0, 0.1) is 0 Å². The van der Waals surface area contributed by atoms with Crippen molar-refractivity contribution in [2.45, 2.75) is 33.3 Å². The highest BCUT2D eigenvalue weighted by Gasteiger charge is 2.09. The van der Waals surface area contributed by atoms with Gasteiger partial charge in [-0.25, -0.2) is 4.98 Å². The van der Waals surface area contributed by atoms with Crippen LogP contribution in [0.2, 0.25) is 5.15 Å². The Balaban J connectivity index is 2.56. The maximum Gasteiger partial charge on any atom is 0.251 e. The standard InChI is InChI=1S/C14H22ClN3O2/c1-4-5-16-13-9-11(8-12(15)18-13)14(19)17-6-7-20-10(2)3/h8-10H,4-7H2,1-3H3,(H,16,18)(H,17,19). The fourth-order valence-electron chi connectivity index (χ4n) is 1.53. The van der Waals surface area contributed by atoms with Gasteiger partial charge in [0.15, 0.2) is 0 Å². The minimum atomic E-state index is -0.179. The molecule has 0 aliphatic heterocycles. The second-order valence-electron chi connectivity index (χ2n) is 4.67. The van der Waals surface area contributed by atoms with Crippen molar-refractivity contribution in [3.63, 3.8) is 0 Å². The molecule has 0 fully saturated rings. The summed E-state index contributed by atoms with van der Waals surface area (Å²) in [7, 11) is 0. The Hall–Kier alpha value is -1.33. The highest BCUT2D eigenvalue weighted by Crippen LogP contribution is 2.14. The number of hydrogen-bond donors (Lipinski definition) is 2. The van der Waals surface area contributed by atoms with Crippen LogP contribution in [0.25, 0.3) is 0 Å². The molecule has 0 aliphatic carbocycles. The van der Waals surface area contributed by atoms with Crippen molar-refractivity contribution in [3.05, 3.63) is 22.8 Å². The van der Waals surface area contributed by atoms with E-state index >= 15 is 0 Å². The minimum Gasteiger partial charge on any atom is -0.377 e. The summed E-state index contributed by atoms with van der Waals surface area (Å²) in [6, 6.07) is 3.25. The smallest absolute Gasteiger partial charge is 0.251 e. The largest absolute Gasteiger partial charge is 0.377 e. The Bertz CT molecular complexity index is 438. The van der Waals surface area contributed by atoms with Gasteiger partial charge in [0, 0.05) is 18.7 Å². The van der Waals surface area contributed by atoms with Crippen LogP contribution in [0.4, 0.5) is 5.82 Å². The zero-order chi connectivity index (χ0) is 15.0. The van der Waals surface area contributed by atoms with Crippen molar-refractivity contribution in [2.24, 2.45) is 0 Å². The number of pyridine rings is 1. The van der Waals surface area contributed by atoms with Crippen LogP contribution < -0.4 is 10.6 Å². The minimum absolute atomic E-state index is 0.159. The van der Waals surface area contributed by atoms with Crippen molar-refractivity contribution in [2.75, 3.05) is 25.0 Å². The summed E-state index contributed by atoms with van der Waals surface area (Å²) in [6.45, 7) is 7.71. The molecule has 1 aromatic heterocycles. The second-order valence-corrected chi connectivity index (χ2v) is 5.05. The highest BCUT2D eigenvalue weighted by molar-refractivity contribution is 6.29. The monoisotopic (exact) mass is 299 g/mol. The first-order valence-electron chi connectivity index (χ1n) is 6.84. The van der Waals surface area contributed by atoms with Crippen LogP contribution in [-0.4, -0.2) is 36.7 Å². The number of aromatic nitrogens is 1. The van der Waals surface area contributed by atoms with Crippen LogP contribution in [0.3, 0.4) is 0 Å². The van der Waals surface area contributed by atoms with Crippen LogP contribution in [0.15, 0.2) is 12.1 Å². The van der Waals surface area contributed by atoms with E-state index in [9.17, 15) is 4.79 Å². The molecular weight excluding hydrogens is 278 g/mol. The molecule has 0 saturated heterocycles. The van der Waals surface area contributed by atoms with E-state index in [-0.39, 0.29) is 12.0 Å². The van der Waals surface area contributed by atoms with E-state index in [1.165, 1.54) is 0 Å². The lowest BCUT2D eigenvalue weighted by molar-refractivity contribution is 0.0746. The first-order chi connectivity index (χ1) is 9.52. The van der Waals surface area contributed by atoms with E-state index in [4.69, 9.17) is 16.3 Å². The fourth-order valence-corrected chi connectivity index (χ4v) is 1.74. The maximum atomic E-state index is 12.0. The SMILES string of the molecule is CCCNc1cc(C(=O)NCCOC(C)C)cc(Cl)n1. The molecule has 5 nitrogen and oxygen atoms in total. The van der Waals surface area contributed by atoms with Gasteiger partial charge >= 0.3 is 0 Å². The summed E-state index contributed by atoms with van der Waals surface area (Å²) in [4.78, 5) is 16.1. The summed E-state index contributed by atoms with van der Waals surface area (Å²) < 4.78 is 5.36. The lowest BCUT2D eigenvalue weighted by atomic mass is 10.2. The first-order valence-corrected chi connectivity index (χ1v) is 7.22. The number of carbonyl (C=O) groups excluding carboxylic acids is 1. The number of ether oxygens (including phenoxy) is 1. The highest BCUT2D eigenvalue weighted by atomic mass is 35.5. The molecular formula is C14H22ClN3O2. The predicted octanol–water partition coefficient (Wildman–Crippen LogP) is 2.71. The first kappa shape index (κ1) is 16.7. The molecule has 1 aromatic rings. The number of amides is 1. The number of nitrogens with zero attached hydrogens (tertiary/aromatic N) is 1. The maximum absolute atomic E-state index is 12.0. The lowest BCUT2D eigenvalue weighted by Gasteiger charge is -2.10. The van der Waals surface area contributed by atoms with Gasteiger partial charge in [-0.05, 0) is 32.4 Å². The van der Waals surface area contributed by atoms with Crippen molar-refractivity contribution in [1.82, 2.24) is 10.3 Å². The van der Waals surface area contributed by atoms with E-state index in [1.807, 2.05) is 13.8 Å². The number of halogens is 1. The zero-order valence-electron chi connectivity index (χ0n) is 12.2. The average Bonchev–Trinajstić information content (AvgIpc) is 2.40. The van der Waals surface area contributed by atoms with Gasteiger partial charge in [0.25, 0.3) is 5.91 Å². The van der Waals surface area contributed by atoms with Crippen molar-refractivity contribution >= 4 is 23.3 Å². The molecule has 1 amide bonds. The number of anilines is 1. The molecule has 2 N–H and O–H groups in total. The normalized spacial score (nSPS) is 10.7. The molecule has 0 bridgehead atoms. The van der Waals surface area contributed by atoms with Crippen molar-refractivity contribution in [3.8, 4) is 0 Å². The molecule has 1 heterocycles. The Morgan fingerprint density at radius 2 is 2.15 bits per heavy atom. The molecule has 0 spiro atoms. The molecule has 0 radical (unpaired) electrons. The number of carbonyl (C=O) groups is 1. The van der Waals surface area contributed by atoms with Gasteiger partial charge in [0.2, 0.25) is 0 Å². The molecule has 1 rings (SSSR count). The third-order valence-electron chi connectivity index (χ3n) is 2.45. The molecule has 0 unspecified atom stereocenters. The Labute approximate surface area is 125 Å². The number of rotatable bonds is 8. The van der Waals surface area contributed by atoms with Crippen LogP contribution in [0.5, 0.6) is 0 Å². The van der Waals surface area contributed by atoms with Gasteiger partial charge < -0.3 is 15.4 Å². The molecule has 0 atom stereocenters. The van der Waals surface area contributed by atoms with E-state index in [1.54, 1.807) is 12.1 Å². The molecule has 6 heteroatoms. The zero-order valence-corrected chi connectivity index (χ0v) is 13.0. The number of hydrogen-bond acceptors (Lipinski definition) is 4. The third-order valence-corrected chi connectivity index (χ3v) is 2.64. The Morgan fingerprint density at radius 3 is 2.80 bits per heavy atom. The Kier molecular flexibility index (Phi) is 7.33. The van der Waals surface area contributed by atoms with Crippen LogP contribution in [-0.2, 0) is 4.74 Å². The van der Waals surface area contributed by atoms with Gasteiger partial charge in [-0.15, -0.1) is 0 Å². The van der Waals surface area contributed by atoms with Crippen molar-refractivity contribution < 1.29 is 9.53 Å². The van der Waals surface area contributed by atoms with Gasteiger partial charge in [0.1, 0.15) is 11.0 Å². The summed E-state index contributed by atoms with van der Waals surface area (Å²) >= 11 is 5.92. The Morgan fingerprint density at radius 1 is 1.40 bits per heavy atom. The van der Waals surface area contributed by atoms with E-state index < -0.39 is 0 Å². The predicted molar refractivity (Wildman–Crippen MR) is 81.4 cm³/mol. The topological polar surface area (TPSA) is 63.2 Å². The summed E-state index contributed by atoms with van der Waals surface area (Å²) in [5.41, 5.74) is 0.494. The summed E-state index contributed by atoms with van der Waals surface area (Å²) in [5.74, 6) is 0.434. The van der Waals surface area contributed by atoms with E-state index in [2.05, 4.69) is 22.5 Å². The quantitative estimate of drug-likeness (QED) is 0.572. The van der Waals surface area contributed by atoms with E-state index in [0.717, 1.165) is 13.0 Å². The molecule has 0 saturated carbocycles. The lowest BCUT2D eigenvalue weighted by Crippen LogP contribution is -2.28. The summed E-state index contributed by atoms with van der Waals surface area (Å²) in [6.07, 6.45) is 1.13. The molecule has 20 heavy (non-hydrogen) atoms. The third kappa shape index (κ3) is 6.21.